The van der Waals surface area contributed by atoms with E-state index in [1.54, 1.807) is 0 Å². The van der Waals surface area contributed by atoms with Gasteiger partial charge in [0.2, 0.25) is 10.0 Å². The van der Waals surface area contributed by atoms with E-state index < -0.39 is 16.1 Å². The summed E-state index contributed by atoms with van der Waals surface area (Å²) >= 11 is 0. The van der Waals surface area contributed by atoms with Crippen molar-refractivity contribution >= 4 is 73.1 Å². The fourth-order valence-electron chi connectivity index (χ4n) is 3.68. The van der Waals surface area contributed by atoms with Crippen molar-refractivity contribution in [2.75, 3.05) is 24.2 Å². The van der Waals surface area contributed by atoms with Crippen LogP contribution in [0.5, 0.6) is 0 Å². The minimum absolute atomic E-state index is 0. The number of carbonyl (C=O) groups excluding carboxylic acids is 1. The Morgan fingerprint density at radius 3 is 2.24 bits per heavy atom. The Morgan fingerprint density at radius 1 is 1.08 bits per heavy atom. The van der Waals surface area contributed by atoms with Gasteiger partial charge in [0.05, 0.1) is 5.75 Å². The molecule has 0 spiro atoms. The summed E-state index contributed by atoms with van der Waals surface area (Å²) in [4.78, 5) is 12.2. The van der Waals surface area contributed by atoms with Crippen LogP contribution in [0.1, 0.15) is 42.0 Å². The summed E-state index contributed by atoms with van der Waals surface area (Å²) in [7, 11) is -3.63. The Balaban J connectivity index is 0.00000225. The number of hydrogen-bond donors (Lipinski definition) is 3. The number of amides is 2. The summed E-state index contributed by atoms with van der Waals surface area (Å²) in [5.74, 6) is -0.112. The molecule has 0 aromatic heterocycles. The first kappa shape index (κ1) is 21.3. The number of urea groups is 1. The quantitative estimate of drug-likeness (QED) is 0.505. The average molecular weight is 391 g/mol. The Kier molecular flexibility index (Phi) is 7.94. The van der Waals surface area contributed by atoms with Gasteiger partial charge < -0.3 is 10.6 Å². The van der Waals surface area contributed by atoms with Crippen molar-refractivity contribution in [3.8, 4) is 0 Å². The summed E-state index contributed by atoms with van der Waals surface area (Å²) in [5, 5.41) is 5.78. The number of rotatable bonds is 6. The monoisotopic (exact) mass is 390 g/mol. The van der Waals surface area contributed by atoms with Gasteiger partial charge in [-0.15, -0.1) is 0 Å². The molecule has 0 fully saturated rings. The molecule has 0 saturated heterocycles. The Morgan fingerprint density at radius 2 is 1.68 bits per heavy atom. The van der Waals surface area contributed by atoms with E-state index in [0.29, 0.717) is 13.1 Å². The third kappa shape index (κ3) is 5.28. The number of sulfonamides is 1. The molecule has 1 radical (unpaired) electrons. The van der Waals surface area contributed by atoms with E-state index in [1.165, 1.54) is 22.3 Å². The standard InChI is InChI=1S/C17H25N3O3S.K/c1-2-18-9-10-24(22,23)20-17(21)19-16-14-7-3-5-12(14)11-13-6-4-8-15(13)16;/h11,18H,2-10H2,1H3,(H2,19,20,21);. The van der Waals surface area contributed by atoms with Gasteiger partial charge in [-0.2, -0.15) is 0 Å². The molecule has 0 aliphatic heterocycles. The van der Waals surface area contributed by atoms with E-state index in [0.717, 1.165) is 44.2 Å². The maximum atomic E-state index is 12.2. The van der Waals surface area contributed by atoms with E-state index in [1.807, 2.05) is 6.92 Å². The summed E-state index contributed by atoms with van der Waals surface area (Å²) < 4.78 is 26.1. The van der Waals surface area contributed by atoms with Gasteiger partial charge in [0, 0.05) is 63.6 Å². The molecule has 2 amide bonds. The van der Waals surface area contributed by atoms with Gasteiger partial charge >= 0.3 is 6.03 Å². The van der Waals surface area contributed by atoms with Gasteiger partial charge in [-0.25, -0.2) is 17.9 Å². The molecule has 0 heterocycles. The van der Waals surface area contributed by atoms with Crippen LogP contribution in [0.2, 0.25) is 0 Å². The zero-order valence-electron chi connectivity index (χ0n) is 15.1. The fourth-order valence-corrected chi connectivity index (χ4v) is 4.53. The molecular formula is C17H25KN3O3S. The first-order valence-electron chi connectivity index (χ1n) is 8.69. The van der Waals surface area contributed by atoms with E-state index in [4.69, 9.17) is 0 Å². The number of anilines is 1. The second-order valence-corrected chi connectivity index (χ2v) is 8.30. The smallest absolute Gasteiger partial charge is 0.316 e. The molecular weight excluding hydrogens is 365 g/mol. The Bertz CT molecular complexity index is 718. The topological polar surface area (TPSA) is 87.3 Å². The van der Waals surface area contributed by atoms with E-state index >= 15 is 0 Å². The first-order chi connectivity index (χ1) is 11.5. The van der Waals surface area contributed by atoms with Crippen molar-refractivity contribution in [2.45, 2.75) is 45.4 Å². The molecule has 0 bridgehead atoms. The SMILES string of the molecule is CCNCCS(=O)(=O)NC(=O)Nc1c2c(cc3c1CCC3)CCC2.[K]. The summed E-state index contributed by atoms with van der Waals surface area (Å²) in [6, 6.07) is 1.63. The molecule has 6 nitrogen and oxygen atoms in total. The van der Waals surface area contributed by atoms with E-state index in [-0.39, 0.29) is 57.1 Å². The first-order valence-corrected chi connectivity index (χ1v) is 10.3. The summed E-state index contributed by atoms with van der Waals surface area (Å²) in [6.07, 6.45) is 6.17. The largest absolute Gasteiger partial charge is 0.332 e. The number of fused-ring (bicyclic) bond motifs is 2. The van der Waals surface area contributed by atoms with Crippen molar-refractivity contribution < 1.29 is 13.2 Å². The van der Waals surface area contributed by atoms with Gasteiger partial charge in [0.25, 0.3) is 0 Å². The second kappa shape index (κ2) is 9.30. The molecule has 8 heteroatoms. The minimum atomic E-state index is -3.63. The molecule has 2 aliphatic rings. The molecule has 0 unspecified atom stereocenters. The predicted molar refractivity (Wildman–Crippen MR) is 101 cm³/mol. The van der Waals surface area contributed by atoms with E-state index in [9.17, 15) is 13.2 Å². The van der Waals surface area contributed by atoms with Gasteiger partial charge in [0.1, 0.15) is 0 Å². The summed E-state index contributed by atoms with van der Waals surface area (Å²) in [6.45, 7) is 2.93. The van der Waals surface area contributed by atoms with Crippen LogP contribution in [0.15, 0.2) is 6.07 Å². The van der Waals surface area contributed by atoms with Gasteiger partial charge in [-0.05, 0) is 67.3 Å². The van der Waals surface area contributed by atoms with Crippen LogP contribution in [0.25, 0.3) is 0 Å². The van der Waals surface area contributed by atoms with Crippen LogP contribution in [0.3, 0.4) is 0 Å². The van der Waals surface area contributed by atoms with Crippen LogP contribution >= 0.6 is 0 Å². The predicted octanol–water partition coefficient (Wildman–Crippen LogP) is 1.34. The van der Waals surface area contributed by atoms with Gasteiger partial charge in [0.15, 0.2) is 0 Å². The van der Waals surface area contributed by atoms with Crippen molar-refractivity contribution in [1.29, 1.82) is 0 Å². The Hall–Kier alpha value is 0.0364. The maximum absolute atomic E-state index is 12.2. The number of aryl methyl sites for hydroxylation is 2. The zero-order valence-corrected chi connectivity index (χ0v) is 19.0. The van der Waals surface area contributed by atoms with Crippen LogP contribution in [-0.2, 0) is 35.7 Å². The molecule has 0 atom stereocenters. The molecule has 133 valence electrons. The zero-order chi connectivity index (χ0) is 17.2. The molecule has 25 heavy (non-hydrogen) atoms. The number of nitrogens with one attached hydrogen (secondary N) is 3. The van der Waals surface area contributed by atoms with Gasteiger partial charge in [-0.3, -0.25) is 0 Å². The van der Waals surface area contributed by atoms with Crippen molar-refractivity contribution in [2.24, 2.45) is 0 Å². The average Bonchev–Trinajstić information content (AvgIpc) is 3.15. The number of hydrogen-bond acceptors (Lipinski definition) is 4. The number of carbonyl (C=O) groups is 1. The van der Waals surface area contributed by atoms with Gasteiger partial charge in [-0.1, -0.05) is 13.0 Å². The van der Waals surface area contributed by atoms with E-state index in [2.05, 4.69) is 21.4 Å². The summed E-state index contributed by atoms with van der Waals surface area (Å²) in [5.41, 5.74) is 5.85. The third-order valence-electron chi connectivity index (χ3n) is 4.76. The maximum Gasteiger partial charge on any atom is 0.332 e. The molecule has 3 N–H and O–H groups in total. The second-order valence-electron chi connectivity index (χ2n) is 6.46. The molecule has 0 saturated carbocycles. The third-order valence-corrected chi connectivity index (χ3v) is 6.00. The number of benzene rings is 1. The van der Waals surface area contributed by atoms with Crippen LogP contribution in [0.4, 0.5) is 10.5 Å². The normalized spacial score (nSPS) is 15.2. The molecule has 3 rings (SSSR count). The van der Waals surface area contributed by atoms with Crippen molar-refractivity contribution in [3.63, 3.8) is 0 Å². The fraction of sp³-hybridized carbons (Fsp3) is 0.588. The molecule has 2 aliphatic carbocycles. The molecule has 1 aromatic carbocycles. The van der Waals surface area contributed by atoms with Crippen LogP contribution in [0, 0.1) is 0 Å². The van der Waals surface area contributed by atoms with Crippen molar-refractivity contribution in [1.82, 2.24) is 10.0 Å². The van der Waals surface area contributed by atoms with Crippen LogP contribution in [-0.4, -0.2) is 84.7 Å². The van der Waals surface area contributed by atoms with Crippen LogP contribution < -0.4 is 15.4 Å². The minimum Gasteiger partial charge on any atom is -0.316 e. The molecule has 1 aromatic rings. The van der Waals surface area contributed by atoms with Crippen molar-refractivity contribution in [3.05, 3.63) is 28.3 Å². The Labute approximate surface area is 192 Å².